The van der Waals surface area contributed by atoms with Crippen molar-refractivity contribution >= 4 is 0 Å². The molecule has 1 unspecified atom stereocenters. The lowest BCUT2D eigenvalue weighted by Gasteiger charge is -2.15. The number of phenolic OH excluding ortho intramolecular Hbond substituents is 2. The third-order valence-corrected chi connectivity index (χ3v) is 2.57. The molecule has 1 heterocycles. The van der Waals surface area contributed by atoms with Gasteiger partial charge in [-0.3, -0.25) is 0 Å². The predicted molar refractivity (Wildman–Crippen MR) is 61.5 cm³/mol. The van der Waals surface area contributed by atoms with Crippen molar-refractivity contribution in [2.45, 2.75) is 19.5 Å². The van der Waals surface area contributed by atoms with E-state index in [1.54, 1.807) is 30.5 Å². The van der Waals surface area contributed by atoms with Crippen molar-refractivity contribution in [2.75, 3.05) is 0 Å². The van der Waals surface area contributed by atoms with Crippen molar-refractivity contribution < 1.29 is 14.7 Å². The fourth-order valence-electron chi connectivity index (χ4n) is 1.67. The molecule has 5 heteroatoms. The van der Waals surface area contributed by atoms with Crippen LogP contribution in [-0.2, 0) is 6.54 Å². The number of rotatable bonds is 4. The molecule has 0 saturated carbocycles. The number of aromatic hydroxyl groups is 2. The second kappa shape index (κ2) is 4.88. The van der Waals surface area contributed by atoms with Gasteiger partial charge < -0.3 is 20.1 Å². The molecule has 0 fully saturated rings. The topological polar surface area (TPSA) is 78.5 Å². The Morgan fingerprint density at radius 3 is 2.59 bits per heavy atom. The second-order valence-electron chi connectivity index (χ2n) is 3.79. The summed E-state index contributed by atoms with van der Waals surface area (Å²) in [7, 11) is 0. The maximum absolute atomic E-state index is 9.68. The van der Waals surface area contributed by atoms with Crippen molar-refractivity contribution in [3.63, 3.8) is 0 Å². The van der Waals surface area contributed by atoms with Crippen LogP contribution in [0.5, 0.6) is 11.5 Å². The average Bonchev–Trinajstić information content (AvgIpc) is 2.79. The van der Waals surface area contributed by atoms with Crippen LogP contribution >= 0.6 is 0 Å². The van der Waals surface area contributed by atoms with Crippen molar-refractivity contribution in [3.05, 3.63) is 41.8 Å². The number of nitrogens with one attached hydrogen (secondary N) is 1. The summed E-state index contributed by atoms with van der Waals surface area (Å²) in [6.07, 6.45) is 1.57. The second-order valence-corrected chi connectivity index (χ2v) is 3.79. The Labute approximate surface area is 98.7 Å². The Morgan fingerprint density at radius 1 is 1.29 bits per heavy atom. The van der Waals surface area contributed by atoms with E-state index in [0.29, 0.717) is 17.9 Å². The molecule has 0 aliphatic rings. The number of nitrogens with zero attached hydrogens (tertiary/aromatic N) is 1. The molecule has 3 N–H and O–H groups in total. The molecule has 0 aliphatic heterocycles. The van der Waals surface area contributed by atoms with E-state index in [9.17, 15) is 10.2 Å². The van der Waals surface area contributed by atoms with Gasteiger partial charge >= 0.3 is 0 Å². The van der Waals surface area contributed by atoms with E-state index in [1.165, 1.54) is 0 Å². The Balaban J connectivity index is 2.07. The van der Waals surface area contributed by atoms with Crippen LogP contribution in [0.15, 0.2) is 35.0 Å². The van der Waals surface area contributed by atoms with Gasteiger partial charge in [0.15, 0.2) is 0 Å². The van der Waals surface area contributed by atoms with E-state index in [-0.39, 0.29) is 17.5 Å². The van der Waals surface area contributed by atoms with Gasteiger partial charge in [0.05, 0.1) is 18.3 Å². The average molecular weight is 234 g/mol. The van der Waals surface area contributed by atoms with Crippen molar-refractivity contribution in [1.82, 2.24) is 10.5 Å². The summed E-state index contributed by atoms with van der Waals surface area (Å²) >= 11 is 0. The van der Waals surface area contributed by atoms with Crippen LogP contribution in [0, 0.1) is 0 Å². The van der Waals surface area contributed by atoms with E-state index in [1.807, 2.05) is 6.92 Å². The van der Waals surface area contributed by atoms with Crippen LogP contribution in [0.3, 0.4) is 0 Å². The highest BCUT2D eigenvalue weighted by molar-refractivity contribution is 5.44. The van der Waals surface area contributed by atoms with E-state index >= 15 is 0 Å². The molecule has 0 aliphatic carbocycles. The highest BCUT2D eigenvalue weighted by Crippen LogP contribution is 2.32. The number of hydrogen-bond donors (Lipinski definition) is 3. The molecular weight excluding hydrogens is 220 g/mol. The molecule has 17 heavy (non-hydrogen) atoms. The molecule has 0 spiro atoms. The molecule has 1 atom stereocenters. The molecule has 0 radical (unpaired) electrons. The first-order valence-corrected chi connectivity index (χ1v) is 5.32. The Kier molecular flexibility index (Phi) is 3.30. The van der Waals surface area contributed by atoms with Crippen LogP contribution < -0.4 is 5.32 Å². The molecule has 90 valence electrons. The first-order valence-electron chi connectivity index (χ1n) is 5.32. The van der Waals surface area contributed by atoms with Gasteiger partial charge in [-0.25, -0.2) is 0 Å². The Morgan fingerprint density at radius 2 is 2.00 bits per heavy atom. The fraction of sp³-hybridized carbons (Fsp3) is 0.250. The number of hydrogen-bond acceptors (Lipinski definition) is 5. The standard InChI is InChI=1S/C12H14N2O3/c1-8(13-7-9-5-6-14-17-9)12-10(15)3-2-4-11(12)16/h2-6,8,13,15-16H,7H2,1H3. The van der Waals surface area contributed by atoms with Crippen LogP contribution in [0.4, 0.5) is 0 Å². The van der Waals surface area contributed by atoms with Crippen LogP contribution in [-0.4, -0.2) is 15.4 Å². The van der Waals surface area contributed by atoms with Gasteiger partial charge in [0.25, 0.3) is 0 Å². The highest BCUT2D eigenvalue weighted by atomic mass is 16.5. The minimum absolute atomic E-state index is 0.0718. The van der Waals surface area contributed by atoms with Gasteiger partial charge in [0.1, 0.15) is 17.3 Å². The minimum Gasteiger partial charge on any atom is -0.507 e. The lowest BCUT2D eigenvalue weighted by atomic mass is 10.1. The largest absolute Gasteiger partial charge is 0.507 e. The number of phenols is 2. The molecule has 2 aromatic rings. The van der Waals surface area contributed by atoms with Crippen molar-refractivity contribution in [1.29, 1.82) is 0 Å². The van der Waals surface area contributed by atoms with Gasteiger partial charge in [0.2, 0.25) is 0 Å². The Hall–Kier alpha value is -2.01. The maximum atomic E-state index is 9.68. The van der Waals surface area contributed by atoms with Crippen LogP contribution in [0.2, 0.25) is 0 Å². The summed E-state index contributed by atoms with van der Waals surface area (Å²) in [4.78, 5) is 0. The van der Waals surface area contributed by atoms with E-state index in [4.69, 9.17) is 4.52 Å². The van der Waals surface area contributed by atoms with E-state index in [2.05, 4.69) is 10.5 Å². The number of aromatic nitrogens is 1. The third-order valence-electron chi connectivity index (χ3n) is 2.57. The van der Waals surface area contributed by atoms with Gasteiger partial charge in [-0.1, -0.05) is 11.2 Å². The third kappa shape index (κ3) is 2.57. The summed E-state index contributed by atoms with van der Waals surface area (Å²) in [5.74, 6) is 0.844. The highest BCUT2D eigenvalue weighted by Gasteiger charge is 2.14. The summed E-state index contributed by atoms with van der Waals surface area (Å²) in [5.41, 5.74) is 0.479. The predicted octanol–water partition coefficient (Wildman–Crippen LogP) is 1.94. The molecule has 1 aromatic heterocycles. The van der Waals surface area contributed by atoms with Crippen molar-refractivity contribution in [3.8, 4) is 11.5 Å². The first-order chi connectivity index (χ1) is 8.18. The lowest BCUT2D eigenvalue weighted by molar-refractivity contribution is 0.361. The molecule has 2 rings (SSSR count). The van der Waals surface area contributed by atoms with Crippen LogP contribution in [0.25, 0.3) is 0 Å². The SMILES string of the molecule is CC(NCc1ccno1)c1c(O)cccc1O. The van der Waals surface area contributed by atoms with Crippen molar-refractivity contribution in [2.24, 2.45) is 0 Å². The lowest BCUT2D eigenvalue weighted by Crippen LogP contribution is -2.18. The van der Waals surface area contributed by atoms with Gasteiger partial charge in [-0.2, -0.15) is 0 Å². The van der Waals surface area contributed by atoms with Gasteiger partial charge in [-0.05, 0) is 19.1 Å². The van der Waals surface area contributed by atoms with E-state index in [0.717, 1.165) is 0 Å². The van der Waals surface area contributed by atoms with Gasteiger partial charge in [0, 0.05) is 12.1 Å². The summed E-state index contributed by atoms with van der Waals surface area (Å²) < 4.78 is 4.94. The molecule has 5 nitrogen and oxygen atoms in total. The number of benzene rings is 1. The normalized spacial score (nSPS) is 12.5. The molecular formula is C12H14N2O3. The fourth-order valence-corrected chi connectivity index (χ4v) is 1.67. The monoisotopic (exact) mass is 234 g/mol. The van der Waals surface area contributed by atoms with E-state index < -0.39 is 0 Å². The molecule has 0 bridgehead atoms. The zero-order chi connectivity index (χ0) is 12.3. The quantitative estimate of drug-likeness (QED) is 0.753. The zero-order valence-corrected chi connectivity index (χ0v) is 9.42. The zero-order valence-electron chi connectivity index (χ0n) is 9.42. The minimum atomic E-state index is -0.193. The molecule has 0 amide bonds. The smallest absolute Gasteiger partial charge is 0.150 e. The Bertz CT molecular complexity index is 462. The summed E-state index contributed by atoms with van der Waals surface area (Å²) in [6, 6.07) is 6.24. The molecule has 1 aromatic carbocycles. The van der Waals surface area contributed by atoms with Crippen LogP contribution in [0.1, 0.15) is 24.3 Å². The first kappa shape index (κ1) is 11.5. The molecule has 0 saturated heterocycles. The summed E-state index contributed by atoms with van der Waals surface area (Å²) in [5, 5.41) is 26.1. The summed E-state index contributed by atoms with van der Waals surface area (Å²) in [6.45, 7) is 2.33. The van der Waals surface area contributed by atoms with Gasteiger partial charge in [-0.15, -0.1) is 0 Å². The maximum Gasteiger partial charge on any atom is 0.150 e.